The summed E-state index contributed by atoms with van der Waals surface area (Å²) in [6.07, 6.45) is 2.01. The number of amides is 1. The van der Waals surface area contributed by atoms with Gasteiger partial charge in [-0.15, -0.1) is 0 Å². The summed E-state index contributed by atoms with van der Waals surface area (Å²) in [5.41, 5.74) is 3.67. The maximum absolute atomic E-state index is 12.3. The van der Waals surface area contributed by atoms with E-state index in [1.807, 2.05) is 75.3 Å². The van der Waals surface area contributed by atoms with Crippen molar-refractivity contribution in [2.24, 2.45) is 0 Å². The normalized spacial score (nSPS) is 10.0. The SMILES string of the molecule is CC(C)=CCOc1ccc(C(=O)Nc2ccc(N(C)C)cc2)cc1. The van der Waals surface area contributed by atoms with E-state index in [0.717, 1.165) is 17.1 Å². The van der Waals surface area contributed by atoms with E-state index in [9.17, 15) is 4.79 Å². The Balaban J connectivity index is 1.95. The molecule has 2 aromatic carbocycles. The van der Waals surface area contributed by atoms with E-state index < -0.39 is 0 Å². The van der Waals surface area contributed by atoms with Crippen LogP contribution < -0.4 is 15.0 Å². The quantitative estimate of drug-likeness (QED) is 0.803. The first kappa shape index (κ1) is 17.6. The highest BCUT2D eigenvalue weighted by atomic mass is 16.5. The maximum atomic E-state index is 12.3. The Bertz CT molecular complexity index is 697. The lowest BCUT2D eigenvalue weighted by atomic mass is 10.2. The van der Waals surface area contributed by atoms with Gasteiger partial charge in [0, 0.05) is 31.0 Å². The minimum Gasteiger partial charge on any atom is -0.490 e. The molecular formula is C20H24N2O2. The molecule has 1 amide bonds. The molecule has 0 aliphatic carbocycles. The molecule has 0 heterocycles. The summed E-state index contributed by atoms with van der Waals surface area (Å²) < 4.78 is 5.59. The van der Waals surface area contributed by atoms with E-state index in [1.165, 1.54) is 5.57 Å². The van der Waals surface area contributed by atoms with Gasteiger partial charge in [-0.2, -0.15) is 0 Å². The van der Waals surface area contributed by atoms with Gasteiger partial charge >= 0.3 is 0 Å². The van der Waals surface area contributed by atoms with Gasteiger partial charge in [0.1, 0.15) is 12.4 Å². The molecule has 0 bridgehead atoms. The second-order valence-corrected chi connectivity index (χ2v) is 6.01. The molecular weight excluding hydrogens is 300 g/mol. The van der Waals surface area contributed by atoms with Crippen molar-refractivity contribution in [1.29, 1.82) is 0 Å². The van der Waals surface area contributed by atoms with E-state index in [-0.39, 0.29) is 5.91 Å². The highest BCUT2D eigenvalue weighted by molar-refractivity contribution is 6.04. The van der Waals surface area contributed by atoms with Gasteiger partial charge in [0.2, 0.25) is 0 Å². The number of rotatable bonds is 6. The monoisotopic (exact) mass is 324 g/mol. The lowest BCUT2D eigenvalue weighted by molar-refractivity contribution is 0.102. The van der Waals surface area contributed by atoms with Crippen molar-refractivity contribution in [3.8, 4) is 5.75 Å². The standard InChI is InChI=1S/C20H24N2O2/c1-15(2)13-14-24-19-11-5-16(6-12-19)20(23)21-17-7-9-18(10-8-17)22(3)4/h5-13H,14H2,1-4H3,(H,21,23). The third kappa shape index (κ3) is 5.16. The largest absolute Gasteiger partial charge is 0.490 e. The topological polar surface area (TPSA) is 41.6 Å². The Labute approximate surface area is 143 Å². The molecule has 2 rings (SSSR count). The van der Waals surface area contributed by atoms with Gasteiger partial charge < -0.3 is 15.0 Å². The average molecular weight is 324 g/mol. The maximum Gasteiger partial charge on any atom is 0.255 e. The molecule has 0 spiro atoms. The van der Waals surface area contributed by atoms with Gasteiger partial charge in [-0.3, -0.25) is 4.79 Å². The highest BCUT2D eigenvalue weighted by Crippen LogP contribution is 2.17. The van der Waals surface area contributed by atoms with Crippen LogP contribution in [0.3, 0.4) is 0 Å². The molecule has 0 aliphatic heterocycles. The van der Waals surface area contributed by atoms with Crippen LogP contribution in [-0.2, 0) is 0 Å². The van der Waals surface area contributed by atoms with Crippen molar-refractivity contribution >= 4 is 17.3 Å². The van der Waals surface area contributed by atoms with E-state index in [4.69, 9.17) is 4.74 Å². The Hall–Kier alpha value is -2.75. The number of benzene rings is 2. The zero-order chi connectivity index (χ0) is 17.5. The third-order valence-electron chi connectivity index (χ3n) is 3.50. The van der Waals surface area contributed by atoms with Crippen LogP contribution in [0, 0.1) is 0 Å². The molecule has 0 saturated heterocycles. The number of ether oxygens (including phenoxy) is 1. The summed E-state index contributed by atoms with van der Waals surface area (Å²) in [4.78, 5) is 14.3. The Kier molecular flexibility index (Phi) is 6.01. The Morgan fingerprint density at radius 3 is 2.21 bits per heavy atom. The molecule has 4 heteroatoms. The predicted molar refractivity (Wildman–Crippen MR) is 100 cm³/mol. The summed E-state index contributed by atoms with van der Waals surface area (Å²) in [7, 11) is 3.96. The van der Waals surface area contributed by atoms with Crippen LogP contribution >= 0.6 is 0 Å². The first-order valence-corrected chi connectivity index (χ1v) is 7.90. The van der Waals surface area contributed by atoms with Crippen molar-refractivity contribution in [2.45, 2.75) is 13.8 Å². The highest BCUT2D eigenvalue weighted by Gasteiger charge is 2.06. The predicted octanol–water partition coefficient (Wildman–Crippen LogP) is 4.35. The van der Waals surface area contributed by atoms with Crippen molar-refractivity contribution in [3.63, 3.8) is 0 Å². The molecule has 1 N–H and O–H groups in total. The van der Waals surface area contributed by atoms with Gasteiger partial charge in [-0.25, -0.2) is 0 Å². The minimum atomic E-state index is -0.136. The van der Waals surface area contributed by atoms with Gasteiger partial charge in [0.25, 0.3) is 5.91 Å². The van der Waals surface area contributed by atoms with E-state index in [2.05, 4.69) is 5.32 Å². The van der Waals surface area contributed by atoms with Crippen LogP contribution in [0.15, 0.2) is 60.2 Å². The van der Waals surface area contributed by atoms with Gasteiger partial charge in [-0.05, 0) is 68.5 Å². The summed E-state index contributed by atoms with van der Waals surface area (Å²) in [6, 6.07) is 14.9. The van der Waals surface area contributed by atoms with Crippen molar-refractivity contribution in [3.05, 3.63) is 65.7 Å². The lowest BCUT2D eigenvalue weighted by Crippen LogP contribution is -2.12. The summed E-state index contributed by atoms with van der Waals surface area (Å²) in [5, 5.41) is 2.89. The number of carbonyl (C=O) groups excluding carboxylic acids is 1. The minimum absolute atomic E-state index is 0.136. The number of hydrogen-bond acceptors (Lipinski definition) is 3. The van der Waals surface area contributed by atoms with Crippen LogP contribution in [0.1, 0.15) is 24.2 Å². The van der Waals surface area contributed by atoms with Crippen LogP contribution in [0.2, 0.25) is 0 Å². The van der Waals surface area contributed by atoms with Crippen LogP contribution in [-0.4, -0.2) is 26.6 Å². The number of nitrogens with zero attached hydrogens (tertiary/aromatic N) is 1. The Morgan fingerprint density at radius 2 is 1.67 bits per heavy atom. The molecule has 0 radical (unpaired) electrons. The van der Waals surface area contributed by atoms with Crippen molar-refractivity contribution in [1.82, 2.24) is 0 Å². The molecule has 0 fully saturated rings. The molecule has 0 unspecified atom stereocenters. The van der Waals surface area contributed by atoms with E-state index in [1.54, 1.807) is 12.1 Å². The number of hydrogen-bond donors (Lipinski definition) is 1. The molecule has 126 valence electrons. The van der Waals surface area contributed by atoms with Crippen LogP contribution in [0.4, 0.5) is 11.4 Å². The van der Waals surface area contributed by atoms with E-state index in [0.29, 0.717) is 12.2 Å². The molecule has 0 saturated carbocycles. The fourth-order valence-corrected chi connectivity index (χ4v) is 2.05. The van der Waals surface area contributed by atoms with Gasteiger partial charge in [-0.1, -0.05) is 5.57 Å². The first-order valence-electron chi connectivity index (χ1n) is 7.90. The fraction of sp³-hybridized carbons (Fsp3) is 0.250. The molecule has 0 atom stereocenters. The molecule has 0 aromatic heterocycles. The number of anilines is 2. The van der Waals surface area contributed by atoms with Gasteiger partial charge in [0.05, 0.1) is 0 Å². The number of nitrogens with one attached hydrogen (secondary N) is 1. The summed E-state index contributed by atoms with van der Waals surface area (Å²) >= 11 is 0. The third-order valence-corrected chi connectivity index (χ3v) is 3.50. The average Bonchev–Trinajstić information content (AvgIpc) is 2.55. The van der Waals surface area contributed by atoms with E-state index >= 15 is 0 Å². The summed E-state index contributed by atoms with van der Waals surface area (Å²) in [6.45, 7) is 4.59. The lowest BCUT2D eigenvalue weighted by Gasteiger charge is -2.13. The molecule has 2 aromatic rings. The number of allylic oxidation sites excluding steroid dienone is 1. The van der Waals surface area contributed by atoms with Crippen LogP contribution in [0.5, 0.6) is 5.75 Å². The fourth-order valence-electron chi connectivity index (χ4n) is 2.05. The molecule has 4 nitrogen and oxygen atoms in total. The zero-order valence-corrected chi connectivity index (χ0v) is 14.7. The zero-order valence-electron chi connectivity index (χ0n) is 14.7. The summed E-state index contributed by atoms with van der Waals surface area (Å²) in [5.74, 6) is 0.614. The molecule has 24 heavy (non-hydrogen) atoms. The Morgan fingerprint density at radius 1 is 1.04 bits per heavy atom. The van der Waals surface area contributed by atoms with Crippen molar-refractivity contribution in [2.75, 3.05) is 30.9 Å². The molecule has 0 aliphatic rings. The van der Waals surface area contributed by atoms with Crippen LogP contribution in [0.25, 0.3) is 0 Å². The second kappa shape index (κ2) is 8.20. The first-order chi connectivity index (χ1) is 11.5. The number of carbonyl (C=O) groups is 1. The second-order valence-electron chi connectivity index (χ2n) is 6.01. The van der Waals surface area contributed by atoms with Gasteiger partial charge in [0.15, 0.2) is 0 Å². The smallest absolute Gasteiger partial charge is 0.255 e. The van der Waals surface area contributed by atoms with Crippen molar-refractivity contribution < 1.29 is 9.53 Å².